The summed E-state index contributed by atoms with van der Waals surface area (Å²) < 4.78 is 10.9. The van der Waals surface area contributed by atoms with E-state index in [1.165, 1.54) is 14.2 Å². The van der Waals surface area contributed by atoms with Crippen LogP contribution in [0.3, 0.4) is 0 Å². The van der Waals surface area contributed by atoms with Crippen molar-refractivity contribution in [3.63, 3.8) is 0 Å². The lowest BCUT2D eigenvalue weighted by Crippen LogP contribution is -2.35. The van der Waals surface area contributed by atoms with E-state index in [-0.39, 0.29) is 42.5 Å². The van der Waals surface area contributed by atoms with E-state index in [4.69, 9.17) is 9.47 Å². The molecule has 0 saturated carbocycles. The van der Waals surface area contributed by atoms with Gasteiger partial charge in [-0.3, -0.25) is 0 Å². The average molecular weight is 388 g/mol. The summed E-state index contributed by atoms with van der Waals surface area (Å²) in [5.41, 5.74) is 4.05. The van der Waals surface area contributed by atoms with E-state index in [1.807, 2.05) is 26.0 Å². The van der Waals surface area contributed by atoms with Crippen LogP contribution in [0.25, 0.3) is 0 Å². The molecule has 4 N–H and O–H groups in total. The monoisotopic (exact) mass is 388 g/mol. The SMILES string of the molecule is COc1cc2c(c(OC)c1O)[C@H](c1cc(C)c(O)c(C)c1)[C@H](CO)[C@H](CO)C2. The Hall–Kier alpha value is -2.44. The molecule has 6 heteroatoms. The topological polar surface area (TPSA) is 99.4 Å². The molecule has 6 nitrogen and oxygen atoms in total. The highest BCUT2D eigenvalue weighted by Gasteiger charge is 2.40. The molecular weight excluding hydrogens is 360 g/mol. The Bertz CT molecular complexity index is 853. The van der Waals surface area contributed by atoms with Gasteiger partial charge in [0.25, 0.3) is 0 Å². The van der Waals surface area contributed by atoms with E-state index in [1.54, 1.807) is 6.07 Å². The van der Waals surface area contributed by atoms with E-state index in [0.29, 0.717) is 17.9 Å². The molecule has 28 heavy (non-hydrogen) atoms. The predicted molar refractivity (Wildman–Crippen MR) is 105 cm³/mol. The van der Waals surface area contributed by atoms with Crippen LogP contribution in [0, 0.1) is 25.7 Å². The molecule has 0 radical (unpaired) electrons. The van der Waals surface area contributed by atoms with Crippen molar-refractivity contribution in [1.82, 2.24) is 0 Å². The van der Waals surface area contributed by atoms with Gasteiger partial charge in [-0.15, -0.1) is 0 Å². The number of phenolic OH excluding ortho intramolecular Hbond substituents is 2. The van der Waals surface area contributed by atoms with Crippen molar-refractivity contribution in [1.29, 1.82) is 0 Å². The molecule has 0 saturated heterocycles. The van der Waals surface area contributed by atoms with Gasteiger partial charge in [-0.25, -0.2) is 0 Å². The largest absolute Gasteiger partial charge is 0.507 e. The zero-order valence-electron chi connectivity index (χ0n) is 16.7. The third kappa shape index (κ3) is 3.16. The number of ether oxygens (including phenoxy) is 2. The van der Waals surface area contributed by atoms with Gasteiger partial charge in [0.1, 0.15) is 5.75 Å². The first-order valence-corrected chi connectivity index (χ1v) is 9.36. The Balaban J connectivity index is 2.33. The lowest BCUT2D eigenvalue weighted by Gasteiger charge is -2.39. The highest BCUT2D eigenvalue weighted by molar-refractivity contribution is 5.62. The van der Waals surface area contributed by atoms with Crippen molar-refractivity contribution in [3.8, 4) is 23.0 Å². The van der Waals surface area contributed by atoms with Gasteiger partial charge in [-0.1, -0.05) is 12.1 Å². The maximum Gasteiger partial charge on any atom is 0.201 e. The maximum atomic E-state index is 10.6. The van der Waals surface area contributed by atoms with E-state index in [0.717, 1.165) is 27.8 Å². The number of benzene rings is 2. The van der Waals surface area contributed by atoms with Crippen molar-refractivity contribution < 1.29 is 29.9 Å². The van der Waals surface area contributed by atoms with Gasteiger partial charge in [0, 0.05) is 24.7 Å². The van der Waals surface area contributed by atoms with Crippen LogP contribution in [0.4, 0.5) is 0 Å². The Kier molecular flexibility index (Phi) is 5.72. The number of aryl methyl sites for hydroxylation is 2. The van der Waals surface area contributed by atoms with Crippen molar-refractivity contribution in [3.05, 3.63) is 46.0 Å². The molecule has 0 spiro atoms. The van der Waals surface area contributed by atoms with Crippen LogP contribution in [-0.2, 0) is 6.42 Å². The first-order valence-electron chi connectivity index (χ1n) is 9.36. The van der Waals surface area contributed by atoms with Gasteiger partial charge in [0.15, 0.2) is 11.5 Å². The quantitative estimate of drug-likeness (QED) is 0.628. The number of hydrogen-bond donors (Lipinski definition) is 4. The fourth-order valence-corrected chi connectivity index (χ4v) is 4.52. The van der Waals surface area contributed by atoms with Gasteiger partial charge >= 0.3 is 0 Å². The summed E-state index contributed by atoms with van der Waals surface area (Å²) in [6.07, 6.45) is 0.538. The molecular formula is C22H28O6. The molecule has 0 fully saturated rings. The number of aliphatic hydroxyl groups is 2. The molecule has 3 atom stereocenters. The molecule has 0 bridgehead atoms. The summed E-state index contributed by atoms with van der Waals surface area (Å²) in [5.74, 6) is 0.0573. The standard InChI is InChI=1S/C22H28O6/c1-11-5-13(6-12(2)20(11)25)18-16(10-24)15(9-23)7-14-8-17(27-3)21(26)22(28-4)19(14)18/h5-6,8,15-16,18,23-26H,7,9-10H2,1-4H3/t15-,16+,18+/m0/s1. The second-order valence-electron chi connectivity index (χ2n) is 7.51. The van der Waals surface area contributed by atoms with Crippen LogP contribution in [0.5, 0.6) is 23.0 Å². The molecule has 3 rings (SSSR count). The summed E-state index contributed by atoms with van der Waals surface area (Å²) in [7, 11) is 2.97. The van der Waals surface area contributed by atoms with Crippen molar-refractivity contribution >= 4 is 0 Å². The zero-order chi connectivity index (χ0) is 20.6. The number of fused-ring (bicyclic) bond motifs is 1. The van der Waals surface area contributed by atoms with Crippen LogP contribution in [-0.4, -0.2) is 47.9 Å². The molecule has 0 unspecified atom stereocenters. The minimum absolute atomic E-state index is 0.0667. The molecule has 1 aliphatic rings. The van der Waals surface area contributed by atoms with Gasteiger partial charge < -0.3 is 29.9 Å². The Morgan fingerprint density at radius 3 is 2.07 bits per heavy atom. The second kappa shape index (κ2) is 7.89. The molecule has 0 heterocycles. The lowest BCUT2D eigenvalue weighted by molar-refractivity contribution is 0.100. The number of methoxy groups -OCH3 is 2. The first kappa shape index (κ1) is 20.3. The van der Waals surface area contributed by atoms with Gasteiger partial charge in [-0.2, -0.15) is 0 Å². The van der Waals surface area contributed by atoms with E-state index >= 15 is 0 Å². The van der Waals surface area contributed by atoms with E-state index in [2.05, 4.69) is 0 Å². The summed E-state index contributed by atoms with van der Waals surface area (Å²) >= 11 is 0. The first-order chi connectivity index (χ1) is 13.4. The van der Waals surface area contributed by atoms with E-state index < -0.39 is 0 Å². The number of aliphatic hydroxyl groups excluding tert-OH is 2. The molecule has 0 aromatic heterocycles. The van der Waals surface area contributed by atoms with Crippen LogP contribution < -0.4 is 9.47 Å². The Labute approximate surface area is 165 Å². The molecule has 0 aliphatic heterocycles. The minimum Gasteiger partial charge on any atom is -0.507 e. The number of aromatic hydroxyl groups is 2. The highest BCUT2D eigenvalue weighted by atomic mass is 16.5. The smallest absolute Gasteiger partial charge is 0.201 e. The number of hydrogen-bond acceptors (Lipinski definition) is 6. The highest BCUT2D eigenvalue weighted by Crippen LogP contribution is 2.53. The van der Waals surface area contributed by atoms with Gasteiger partial charge in [-0.05, 0) is 60.4 Å². The lowest BCUT2D eigenvalue weighted by atomic mass is 9.66. The molecule has 152 valence electrons. The third-order valence-corrected chi connectivity index (χ3v) is 5.91. The van der Waals surface area contributed by atoms with Crippen molar-refractivity contribution in [2.24, 2.45) is 11.8 Å². The van der Waals surface area contributed by atoms with Crippen LogP contribution in [0.1, 0.15) is 33.7 Å². The fourth-order valence-electron chi connectivity index (χ4n) is 4.52. The third-order valence-electron chi connectivity index (χ3n) is 5.91. The Morgan fingerprint density at radius 2 is 1.57 bits per heavy atom. The molecule has 1 aliphatic carbocycles. The summed E-state index contributed by atoms with van der Waals surface area (Å²) in [6, 6.07) is 5.55. The zero-order valence-corrected chi connectivity index (χ0v) is 16.7. The number of rotatable bonds is 5. The normalized spacial score (nSPS) is 21.3. The van der Waals surface area contributed by atoms with Crippen LogP contribution >= 0.6 is 0 Å². The van der Waals surface area contributed by atoms with Crippen molar-refractivity contribution in [2.75, 3.05) is 27.4 Å². The molecule has 2 aromatic rings. The molecule has 2 aromatic carbocycles. The van der Waals surface area contributed by atoms with Crippen molar-refractivity contribution in [2.45, 2.75) is 26.2 Å². The maximum absolute atomic E-state index is 10.6. The summed E-state index contributed by atoms with van der Waals surface area (Å²) in [6.45, 7) is 3.47. The second-order valence-corrected chi connectivity index (χ2v) is 7.51. The Morgan fingerprint density at radius 1 is 0.929 bits per heavy atom. The van der Waals surface area contributed by atoms with Gasteiger partial charge in [0.2, 0.25) is 5.75 Å². The van der Waals surface area contributed by atoms with Gasteiger partial charge in [0.05, 0.1) is 14.2 Å². The fraction of sp³-hybridized carbons (Fsp3) is 0.455. The number of phenols is 2. The average Bonchev–Trinajstić information content (AvgIpc) is 2.69. The van der Waals surface area contributed by atoms with Crippen LogP contribution in [0.2, 0.25) is 0 Å². The van der Waals surface area contributed by atoms with E-state index in [9.17, 15) is 20.4 Å². The summed E-state index contributed by atoms with van der Waals surface area (Å²) in [5, 5.41) is 41.0. The predicted octanol–water partition coefficient (Wildman–Crippen LogP) is 2.64. The molecule has 0 amide bonds. The minimum atomic E-state index is -0.310. The van der Waals surface area contributed by atoms with Crippen LogP contribution in [0.15, 0.2) is 18.2 Å². The summed E-state index contributed by atoms with van der Waals surface area (Å²) in [4.78, 5) is 0.